The van der Waals surface area contributed by atoms with Gasteiger partial charge in [-0.05, 0) is 37.3 Å². The topological polar surface area (TPSA) is 170 Å². The molecule has 12 heteroatoms. The molecule has 0 aliphatic rings. The van der Waals surface area contributed by atoms with Gasteiger partial charge in [-0.3, -0.25) is 9.59 Å². The lowest BCUT2D eigenvalue weighted by Crippen LogP contribution is -2.17. The number of primary sulfonamides is 1. The summed E-state index contributed by atoms with van der Waals surface area (Å²) in [5, 5.41) is 10.5. The first-order chi connectivity index (χ1) is 14.6. The molecule has 1 heterocycles. The number of nitrogens with zero attached hydrogens (tertiary/aromatic N) is 2. The fourth-order valence-electron chi connectivity index (χ4n) is 2.62. The van der Waals surface area contributed by atoms with Crippen molar-refractivity contribution in [1.82, 2.24) is 9.97 Å². The van der Waals surface area contributed by atoms with E-state index >= 15 is 0 Å². The van der Waals surface area contributed by atoms with Crippen molar-refractivity contribution in [1.29, 1.82) is 0 Å². The van der Waals surface area contributed by atoms with Crippen molar-refractivity contribution in [2.75, 3.05) is 10.6 Å². The second-order valence-corrected chi connectivity index (χ2v) is 7.89. The summed E-state index contributed by atoms with van der Waals surface area (Å²) in [6.07, 6.45) is 1.09. The third-order valence-electron chi connectivity index (χ3n) is 4.12. The molecule has 0 atom stereocenters. The molecule has 10 nitrogen and oxygen atoms in total. The second-order valence-electron chi connectivity index (χ2n) is 6.36. The van der Waals surface area contributed by atoms with E-state index in [1.807, 2.05) is 0 Å². The number of nitrogens with one attached hydrogen (secondary N) is 2. The first-order valence-corrected chi connectivity index (χ1v) is 10.2. The van der Waals surface area contributed by atoms with E-state index in [2.05, 4.69) is 20.6 Å². The summed E-state index contributed by atoms with van der Waals surface area (Å²) < 4.78 is 37.8. The zero-order valence-corrected chi connectivity index (χ0v) is 16.9. The van der Waals surface area contributed by atoms with Gasteiger partial charge in [-0.1, -0.05) is 12.1 Å². The highest BCUT2D eigenvalue weighted by molar-refractivity contribution is 7.89. The van der Waals surface area contributed by atoms with E-state index in [0.29, 0.717) is 0 Å². The summed E-state index contributed by atoms with van der Waals surface area (Å²) in [7, 11) is -4.08. The van der Waals surface area contributed by atoms with Gasteiger partial charge in [0.25, 0.3) is 5.91 Å². The second kappa shape index (κ2) is 8.45. The lowest BCUT2D eigenvalue weighted by molar-refractivity contribution is 0.0996. The van der Waals surface area contributed by atoms with E-state index in [1.165, 1.54) is 37.3 Å². The quantitative estimate of drug-likeness (QED) is 0.401. The maximum Gasteiger partial charge on any atom is 0.254 e. The Balaban J connectivity index is 2.03. The predicted octanol–water partition coefficient (Wildman–Crippen LogP) is 2.05. The van der Waals surface area contributed by atoms with Gasteiger partial charge in [0.1, 0.15) is 22.1 Å². The van der Waals surface area contributed by atoms with E-state index in [0.717, 1.165) is 12.3 Å². The number of carbonyl (C=O) groups is 2. The Bertz CT molecular complexity index is 1300. The summed E-state index contributed by atoms with van der Waals surface area (Å²) in [6, 6.07) is 9.42. The lowest BCUT2D eigenvalue weighted by atomic mass is 10.1. The van der Waals surface area contributed by atoms with Crippen LogP contribution in [-0.2, 0) is 10.0 Å². The Morgan fingerprint density at radius 1 is 1.06 bits per heavy atom. The first-order valence-electron chi connectivity index (χ1n) is 8.69. The van der Waals surface area contributed by atoms with Crippen molar-refractivity contribution < 1.29 is 22.4 Å². The Morgan fingerprint density at radius 3 is 2.42 bits per heavy atom. The number of primary amides is 1. The Morgan fingerprint density at radius 2 is 1.77 bits per heavy atom. The summed E-state index contributed by atoms with van der Waals surface area (Å²) in [4.78, 5) is 31.1. The number of anilines is 4. The molecule has 0 fully saturated rings. The number of carbonyl (C=O) groups excluding carboxylic acids is 2. The molecule has 0 saturated carbocycles. The summed E-state index contributed by atoms with van der Waals surface area (Å²) in [5.41, 5.74) is 5.44. The molecule has 3 aromatic rings. The van der Waals surface area contributed by atoms with Crippen molar-refractivity contribution in [3.63, 3.8) is 0 Å². The van der Waals surface area contributed by atoms with Crippen LogP contribution in [-0.4, -0.2) is 30.1 Å². The normalized spacial score (nSPS) is 11.1. The number of amides is 1. The molecule has 0 unspecified atom stereocenters. The van der Waals surface area contributed by atoms with Crippen molar-refractivity contribution in [2.45, 2.75) is 11.8 Å². The number of aromatic nitrogens is 2. The van der Waals surface area contributed by atoms with Crippen molar-refractivity contribution >= 4 is 44.9 Å². The number of nitrogens with two attached hydrogens (primary N) is 2. The molecular formula is C19H17FN6O4S. The number of benzene rings is 2. The highest BCUT2D eigenvalue weighted by Crippen LogP contribution is 2.26. The summed E-state index contributed by atoms with van der Waals surface area (Å²) in [5.74, 6) is -2.09. The first kappa shape index (κ1) is 21.8. The average Bonchev–Trinajstić information content (AvgIpc) is 2.69. The fourth-order valence-corrected chi connectivity index (χ4v) is 3.32. The largest absolute Gasteiger partial charge is 0.365 e. The van der Waals surface area contributed by atoms with Crippen LogP contribution in [0.2, 0.25) is 0 Å². The molecule has 0 aliphatic heterocycles. The number of para-hydroxylation sites is 1. The average molecular weight is 444 g/mol. The van der Waals surface area contributed by atoms with E-state index < -0.39 is 21.7 Å². The van der Waals surface area contributed by atoms with E-state index in [1.54, 1.807) is 6.07 Å². The number of hydrogen-bond acceptors (Lipinski definition) is 8. The zero-order chi connectivity index (χ0) is 22.8. The molecule has 1 amide bonds. The SMILES string of the molecule is CC(=O)c1ccc(F)c(Nc2ncc(C(N)=O)c(Nc3ccccc3S(N)(=O)=O)n2)c1. The molecule has 0 radical (unpaired) electrons. The van der Waals surface area contributed by atoms with Gasteiger partial charge in [-0.25, -0.2) is 22.9 Å². The maximum absolute atomic E-state index is 14.2. The third-order valence-corrected chi connectivity index (χ3v) is 5.09. The predicted molar refractivity (Wildman–Crippen MR) is 111 cm³/mol. The van der Waals surface area contributed by atoms with E-state index in [9.17, 15) is 22.4 Å². The van der Waals surface area contributed by atoms with Gasteiger partial charge in [0.2, 0.25) is 16.0 Å². The monoisotopic (exact) mass is 444 g/mol. The highest BCUT2D eigenvalue weighted by Gasteiger charge is 2.18. The number of hydrogen-bond donors (Lipinski definition) is 4. The molecule has 2 aromatic carbocycles. The van der Waals surface area contributed by atoms with Crippen LogP contribution in [0.4, 0.5) is 27.5 Å². The Labute approximate surface area is 176 Å². The van der Waals surface area contributed by atoms with E-state index in [-0.39, 0.29) is 44.9 Å². The van der Waals surface area contributed by atoms with Crippen molar-refractivity contribution in [3.05, 3.63) is 65.6 Å². The van der Waals surface area contributed by atoms with Crippen LogP contribution in [0.3, 0.4) is 0 Å². The van der Waals surface area contributed by atoms with Crippen molar-refractivity contribution in [2.24, 2.45) is 10.9 Å². The Kier molecular flexibility index (Phi) is 5.95. The molecule has 0 aliphatic carbocycles. The molecular weight excluding hydrogens is 427 g/mol. The Hall–Kier alpha value is -3.90. The van der Waals surface area contributed by atoms with Gasteiger partial charge in [0, 0.05) is 11.8 Å². The molecule has 0 spiro atoms. The van der Waals surface area contributed by atoms with Crippen LogP contribution >= 0.6 is 0 Å². The molecule has 6 N–H and O–H groups in total. The third kappa shape index (κ3) is 4.99. The van der Waals surface area contributed by atoms with Crippen LogP contribution in [0.15, 0.2) is 53.6 Å². The van der Waals surface area contributed by atoms with Gasteiger partial charge < -0.3 is 16.4 Å². The molecule has 0 bridgehead atoms. The van der Waals surface area contributed by atoms with Crippen LogP contribution in [0.25, 0.3) is 0 Å². The van der Waals surface area contributed by atoms with E-state index in [4.69, 9.17) is 10.9 Å². The van der Waals surface area contributed by atoms with Gasteiger partial charge in [0.15, 0.2) is 5.78 Å². The minimum absolute atomic E-state index is 0.0434. The molecule has 31 heavy (non-hydrogen) atoms. The zero-order valence-electron chi connectivity index (χ0n) is 16.1. The standard InChI is InChI=1S/C19H17FN6O4S/c1-10(27)11-6-7-13(20)15(8-11)25-19-23-9-12(17(21)28)18(26-19)24-14-4-2-3-5-16(14)31(22,29)30/h2-9H,1H3,(H2,21,28)(H2,22,29,30)(H2,23,24,25,26). The molecule has 3 rings (SSSR count). The number of sulfonamides is 1. The van der Waals surface area contributed by atoms with Crippen LogP contribution < -0.4 is 21.5 Å². The summed E-state index contributed by atoms with van der Waals surface area (Å²) >= 11 is 0. The lowest BCUT2D eigenvalue weighted by Gasteiger charge is -2.14. The number of halogens is 1. The maximum atomic E-state index is 14.2. The van der Waals surface area contributed by atoms with Crippen LogP contribution in [0, 0.1) is 5.82 Å². The van der Waals surface area contributed by atoms with Crippen LogP contribution in [0.1, 0.15) is 27.6 Å². The smallest absolute Gasteiger partial charge is 0.254 e. The molecule has 0 saturated heterocycles. The van der Waals surface area contributed by atoms with Gasteiger partial charge in [-0.2, -0.15) is 4.98 Å². The summed E-state index contributed by atoms with van der Waals surface area (Å²) in [6.45, 7) is 1.33. The van der Waals surface area contributed by atoms with Crippen molar-refractivity contribution in [3.8, 4) is 0 Å². The minimum atomic E-state index is -4.08. The van der Waals surface area contributed by atoms with Gasteiger partial charge >= 0.3 is 0 Å². The van der Waals surface area contributed by atoms with Gasteiger partial charge in [-0.15, -0.1) is 0 Å². The minimum Gasteiger partial charge on any atom is -0.365 e. The highest BCUT2D eigenvalue weighted by atomic mass is 32.2. The number of ketones is 1. The number of Topliss-reactive ketones (excluding diaryl/α,β-unsaturated/α-hetero) is 1. The van der Waals surface area contributed by atoms with Crippen LogP contribution in [0.5, 0.6) is 0 Å². The molecule has 1 aromatic heterocycles. The fraction of sp³-hybridized carbons (Fsp3) is 0.0526. The molecule has 160 valence electrons. The number of rotatable bonds is 7. The van der Waals surface area contributed by atoms with Gasteiger partial charge in [0.05, 0.1) is 11.4 Å².